The van der Waals surface area contributed by atoms with Crippen LogP contribution in [0.15, 0.2) is 235 Å². The summed E-state index contributed by atoms with van der Waals surface area (Å²) in [5.41, 5.74) is 17.8. The first-order valence-electron chi connectivity index (χ1n) is 21.3. The van der Waals surface area contributed by atoms with Crippen LogP contribution in [-0.4, -0.2) is 4.98 Å². The highest BCUT2D eigenvalue weighted by atomic mass is 16.3. The molecule has 3 nitrogen and oxygen atoms in total. The van der Waals surface area contributed by atoms with Gasteiger partial charge in [-0.05, 0) is 128 Å². The van der Waals surface area contributed by atoms with Crippen LogP contribution in [0.1, 0.15) is 18.4 Å². The number of rotatable bonds is 9. The molecule has 0 spiro atoms. The Balaban J connectivity index is 0.935. The van der Waals surface area contributed by atoms with Gasteiger partial charge in [0, 0.05) is 28.0 Å². The van der Waals surface area contributed by atoms with Gasteiger partial charge in [0.25, 0.3) is 0 Å². The average Bonchev–Trinajstić information content (AvgIpc) is 3.80. The number of allylic oxidation sites excluding steroid dienone is 4. The summed E-state index contributed by atoms with van der Waals surface area (Å²) >= 11 is 0. The van der Waals surface area contributed by atoms with Crippen molar-refractivity contribution in [2.24, 2.45) is 0 Å². The minimum atomic E-state index is 0.618. The van der Waals surface area contributed by atoms with Crippen molar-refractivity contribution in [1.29, 1.82) is 0 Å². The molecule has 1 aliphatic rings. The Morgan fingerprint density at radius 1 is 0.419 bits per heavy atom. The van der Waals surface area contributed by atoms with Crippen LogP contribution in [-0.2, 0) is 0 Å². The Morgan fingerprint density at radius 3 is 1.61 bits per heavy atom. The molecule has 0 saturated heterocycles. The second-order valence-corrected chi connectivity index (χ2v) is 15.9. The highest BCUT2D eigenvalue weighted by Gasteiger charge is 2.18. The van der Waals surface area contributed by atoms with Crippen LogP contribution in [0.3, 0.4) is 0 Å². The first-order valence-corrected chi connectivity index (χ1v) is 21.3. The summed E-state index contributed by atoms with van der Waals surface area (Å²) in [5, 5.41) is 2.18. The first kappa shape index (κ1) is 37.0. The van der Waals surface area contributed by atoms with Crippen molar-refractivity contribution in [2.45, 2.75) is 12.8 Å². The molecule has 0 fully saturated rings. The van der Waals surface area contributed by atoms with Gasteiger partial charge in [-0.2, -0.15) is 0 Å². The number of hydrogen-bond acceptors (Lipinski definition) is 3. The second-order valence-electron chi connectivity index (χ2n) is 15.9. The maximum atomic E-state index is 6.63. The Morgan fingerprint density at radius 2 is 0.968 bits per heavy atom. The first-order chi connectivity index (χ1) is 30.7. The van der Waals surface area contributed by atoms with Gasteiger partial charge in [0.15, 0.2) is 5.58 Å². The summed E-state index contributed by atoms with van der Waals surface area (Å²) in [6.07, 6.45) is 8.80. The zero-order valence-corrected chi connectivity index (χ0v) is 34.2. The molecule has 0 aliphatic heterocycles. The standard InChI is InChI=1S/C59H42N2O/c1-4-13-41(14-5-1)44-27-31-49(32-28-44)59-60-56-38-35-48-19-12-24-55(57(48)58(56)62-59)47-29-25-46(26-30-47)51-21-11-23-54(40-51)61(52-36-33-45(34-37-52)42-15-6-2-7-16-42)53-22-10-20-50(39-53)43-17-8-3-9-18-43/h1-6,8-15,17-40H,7,16H2. The number of aromatic nitrogens is 1. The lowest BCUT2D eigenvalue weighted by Crippen LogP contribution is -2.10. The monoisotopic (exact) mass is 794 g/mol. The van der Waals surface area contributed by atoms with E-state index in [1.54, 1.807) is 0 Å². The molecule has 0 amide bonds. The van der Waals surface area contributed by atoms with Gasteiger partial charge in [-0.3, -0.25) is 0 Å². The zero-order valence-electron chi connectivity index (χ0n) is 34.2. The number of anilines is 3. The largest absolute Gasteiger partial charge is 0.435 e. The SMILES string of the molecule is C1=CCCC(c2ccc(N(c3cccc(-c4ccccc4)c3)c3cccc(-c4ccc(-c5cccc6ccc7nc(-c8ccc(-c9ccccc9)cc8)oc7c56)cc4)c3)cc2)=C1. The number of fused-ring (bicyclic) bond motifs is 3. The molecule has 11 rings (SSSR count). The van der Waals surface area contributed by atoms with E-state index in [9.17, 15) is 0 Å². The highest BCUT2D eigenvalue weighted by Crippen LogP contribution is 2.41. The lowest BCUT2D eigenvalue weighted by molar-refractivity contribution is 0.623. The lowest BCUT2D eigenvalue weighted by atomic mass is 9.95. The van der Waals surface area contributed by atoms with Gasteiger partial charge in [-0.1, -0.05) is 176 Å². The van der Waals surface area contributed by atoms with Crippen LogP contribution >= 0.6 is 0 Å². The molecule has 0 bridgehead atoms. The molecule has 0 radical (unpaired) electrons. The van der Waals surface area contributed by atoms with Gasteiger partial charge >= 0.3 is 0 Å². The average molecular weight is 795 g/mol. The van der Waals surface area contributed by atoms with Crippen molar-refractivity contribution >= 4 is 44.5 Å². The van der Waals surface area contributed by atoms with Crippen molar-refractivity contribution < 1.29 is 4.42 Å². The summed E-state index contributed by atoms with van der Waals surface area (Å²) in [4.78, 5) is 7.33. The van der Waals surface area contributed by atoms with Crippen LogP contribution in [0, 0.1) is 0 Å². The highest BCUT2D eigenvalue weighted by molar-refractivity contribution is 6.11. The second kappa shape index (κ2) is 16.2. The summed E-state index contributed by atoms with van der Waals surface area (Å²) in [5.74, 6) is 0.618. The van der Waals surface area contributed by atoms with Gasteiger partial charge in [-0.25, -0.2) is 4.98 Å². The molecule has 1 aromatic heterocycles. The molecule has 1 aliphatic carbocycles. The van der Waals surface area contributed by atoms with E-state index in [-0.39, 0.29) is 0 Å². The minimum absolute atomic E-state index is 0.618. The summed E-state index contributed by atoms with van der Waals surface area (Å²) in [7, 11) is 0. The van der Waals surface area contributed by atoms with E-state index in [1.165, 1.54) is 27.8 Å². The lowest BCUT2D eigenvalue weighted by Gasteiger charge is -2.27. The van der Waals surface area contributed by atoms with E-state index in [0.717, 1.165) is 85.2 Å². The van der Waals surface area contributed by atoms with Crippen molar-refractivity contribution in [3.8, 4) is 56.0 Å². The Bertz CT molecular complexity index is 3250. The van der Waals surface area contributed by atoms with Crippen molar-refractivity contribution in [3.05, 3.63) is 236 Å². The Labute approximate surface area is 362 Å². The van der Waals surface area contributed by atoms with Gasteiger partial charge in [0.1, 0.15) is 5.52 Å². The third-order valence-electron chi connectivity index (χ3n) is 12.0. The van der Waals surface area contributed by atoms with Crippen molar-refractivity contribution in [3.63, 3.8) is 0 Å². The summed E-state index contributed by atoms with van der Waals surface area (Å²) in [6.45, 7) is 0. The third-order valence-corrected chi connectivity index (χ3v) is 12.0. The molecule has 10 aromatic rings. The van der Waals surface area contributed by atoms with Crippen LogP contribution in [0.4, 0.5) is 17.1 Å². The molecule has 0 N–H and O–H groups in total. The molecule has 0 unspecified atom stereocenters. The molecule has 0 atom stereocenters. The fraction of sp³-hybridized carbons (Fsp3) is 0.0339. The van der Waals surface area contributed by atoms with Crippen LogP contribution in [0.2, 0.25) is 0 Å². The third kappa shape index (κ3) is 7.20. The Hall–Kier alpha value is -8.01. The van der Waals surface area contributed by atoms with Crippen molar-refractivity contribution in [2.75, 3.05) is 4.90 Å². The summed E-state index contributed by atoms with van der Waals surface area (Å²) in [6, 6.07) is 75.8. The topological polar surface area (TPSA) is 29.3 Å². The van der Waals surface area contributed by atoms with Crippen LogP contribution < -0.4 is 4.90 Å². The number of oxazole rings is 1. The minimum Gasteiger partial charge on any atom is -0.435 e. The molecule has 1 heterocycles. The van der Waals surface area contributed by atoms with E-state index < -0.39 is 0 Å². The van der Waals surface area contributed by atoms with E-state index in [0.29, 0.717) is 5.89 Å². The van der Waals surface area contributed by atoms with Crippen LogP contribution in [0.5, 0.6) is 0 Å². The number of hydrogen-bond donors (Lipinski definition) is 0. The molecular formula is C59H42N2O. The maximum absolute atomic E-state index is 6.63. The molecule has 0 saturated carbocycles. The fourth-order valence-corrected chi connectivity index (χ4v) is 8.79. The van der Waals surface area contributed by atoms with Gasteiger partial charge in [-0.15, -0.1) is 0 Å². The van der Waals surface area contributed by atoms with Gasteiger partial charge < -0.3 is 9.32 Å². The van der Waals surface area contributed by atoms with Gasteiger partial charge in [0.05, 0.1) is 0 Å². The predicted octanol–water partition coefficient (Wildman–Crippen LogP) is 16.5. The molecule has 294 valence electrons. The van der Waals surface area contributed by atoms with E-state index in [4.69, 9.17) is 9.40 Å². The van der Waals surface area contributed by atoms with Crippen LogP contribution in [0.25, 0.3) is 83.4 Å². The molecule has 9 aromatic carbocycles. The number of nitrogens with zero attached hydrogens (tertiary/aromatic N) is 2. The predicted molar refractivity (Wildman–Crippen MR) is 260 cm³/mol. The normalized spacial score (nSPS) is 12.4. The smallest absolute Gasteiger partial charge is 0.227 e. The van der Waals surface area contributed by atoms with E-state index in [1.807, 2.05) is 6.07 Å². The molecule has 62 heavy (non-hydrogen) atoms. The Kier molecular flexibility index (Phi) is 9.68. The maximum Gasteiger partial charge on any atom is 0.227 e. The zero-order chi connectivity index (χ0) is 41.2. The fourth-order valence-electron chi connectivity index (χ4n) is 8.79. The van der Waals surface area contributed by atoms with Gasteiger partial charge in [0.2, 0.25) is 5.89 Å². The summed E-state index contributed by atoms with van der Waals surface area (Å²) < 4.78 is 6.63. The molecular weight excluding hydrogens is 753 g/mol. The quantitative estimate of drug-likeness (QED) is 0.146. The van der Waals surface area contributed by atoms with E-state index >= 15 is 0 Å². The number of benzene rings is 9. The molecule has 3 heteroatoms. The van der Waals surface area contributed by atoms with Crippen molar-refractivity contribution in [1.82, 2.24) is 4.98 Å². The van der Waals surface area contributed by atoms with E-state index in [2.05, 4.69) is 229 Å².